The van der Waals surface area contributed by atoms with Crippen LogP contribution in [0.3, 0.4) is 0 Å². The second-order valence-corrected chi connectivity index (χ2v) is 18.3. The van der Waals surface area contributed by atoms with Crippen molar-refractivity contribution in [3.8, 4) is 0 Å². The predicted octanol–water partition coefficient (Wildman–Crippen LogP) is 6.10. The normalized spacial score (nSPS) is 9.85. The van der Waals surface area contributed by atoms with Gasteiger partial charge in [0.25, 0.3) is 0 Å². The van der Waals surface area contributed by atoms with Gasteiger partial charge in [0, 0.05) is 0 Å². The molecule has 0 saturated carbocycles. The third-order valence-electron chi connectivity index (χ3n) is 7.67. The summed E-state index contributed by atoms with van der Waals surface area (Å²) in [5.41, 5.74) is 0. The van der Waals surface area contributed by atoms with Gasteiger partial charge in [-0.05, 0) is 72.8 Å². The van der Waals surface area contributed by atoms with E-state index in [0.29, 0.717) is 0 Å². The van der Waals surface area contributed by atoms with E-state index in [1.54, 1.807) is 24.8 Å². The second-order valence-electron chi connectivity index (χ2n) is 11.3. The molecule has 0 aliphatic heterocycles. The Balaban J connectivity index is 0.000000172. The molecule has 0 spiro atoms. The summed E-state index contributed by atoms with van der Waals surface area (Å²) < 4.78 is 2.27. The fourth-order valence-electron chi connectivity index (χ4n) is 5.31. The third kappa shape index (κ3) is 14.5. The van der Waals surface area contributed by atoms with Gasteiger partial charge in [0.05, 0.1) is 15.8 Å². The first-order valence-electron chi connectivity index (χ1n) is 16.9. The monoisotopic (exact) mass is 948 g/mol. The van der Waals surface area contributed by atoms with Gasteiger partial charge in [-0.2, -0.15) is 0 Å². The Morgan fingerprint density at radius 2 is 0.434 bits per heavy atom. The van der Waals surface area contributed by atoms with Crippen LogP contribution in [0, 0.1) is 0 Å². The van der Waals surface area contributed by atoms with Crippen molar-refractivity contribution < 1.29 is 20.4 Å². The van der Waals surface area contributed by atoms with E-state index in [9.17, 15) is 0 Å². The molecule has 2 nitrogen and oxygen atoms in total. The van der Waals surface area contributed by atoms with E-state index in [0.717, 1.165) is 8.92 Å². The number of hydrogen-bond donors (Lipinski definition) is 0. The molecular weight excluding hydrogens is 907 g/mol. The van der Waals surface area contributed by atoms with Crippen LogP contribution >= 0.6 is 15.8 Å². The summed E-state index contributed by atoms with van der Waals surface area (Å²) in [5.74, 6) is 0. The summed E-state index contributed by atoms with van der Waals surface area (Å²) in [6.45, 7) is 0. The summed E-state index contributed by atoms with van der Waals surface area (Å²) >= 11 is 5.72. The van der Waals surface area contributed by atoms with Gasteiger partial charge in [-0.15, -0.1) is 0 Å². The van der Waals surface area contributed by atoms with Crippen LogP contribution in [0.5, 0.6) is 0 Å². The molecule has 6 aromatic carbocycles. The standard InChI is InChI=1S/2C18H15P.2C5H5NSe.Pd/c2*1-4-10-16(11-5-1)19(17-12-6-2-7-13-17)18-14-8-3-9-15-18;2*7-5-1-3-6-4-2-5;/h2*1-15H;2*1-4H,(H,6,7);/q;;;;+2. The number of benzene rings is 6. The van der Waals surface area contributed by atoms with Crippen molar-refractivity contribution in [1.29, 1.82) is 0 Å². The van der Waals surface area contributed by atoms with Crippen LogP contribution in [0.2, 0.25) is 0 Å². The van der Waals surface area contributed by atoms with Crippen LogP contribution < -0.4 is 40.8 Å². The molecule has 0 saturated heterocycles. The SMILES string of the molecule is [Pd+2].[Se-]c1ccncc1.[Se-]c1ccncc1.c1ccc([PH+](c2ccccc2)c2ccccc2)cc1.c1ccc([PH+](c2ccccc2)c2ccccc2)cc1. The van der Waals surface area contributed by atoms with Crippen LogP contribution in [0.4, 0.5) is 0 Å². The molecule has 0 N–H and O–H groups in total. The minimum Gasteiger partial charge on any atom is -0.0620 e. The van der Waals surface area contributed by atoms with Gasteiger partial charge in [-0.1, -0.05) is 109 Å². The first kappa shape index (κ1) is 41.9. The summed E-state index contributed by atoms with van der Waals surface area (Å²) in [4.78, 5) is 7.65. The van der Waals surface area contributed by atoms with Crippen LogP contribution in [0.25, 0.3) is 0 Å². The molecule has 0 aliphatic carbocycles. The van der Waals surface area contributed by atoms with Crippen molar-refractivity contribution in [3.05, 3.63) is 231 Å². The average molecular weight is 947 g/mol. The van der Waals surface area contributed by atoms with Crippen molar-refractivity contribution in [2.45, 2.75) is 0 Å². The van der Waals surface area contributed by atoms with Gasteiger partial charge in [0.1, 0.15) is 31.8 Å². The summed E-state index contributed by atoms with van der Waals surface area (Å²) in [7, 11) is -1.75. The Morgan fingerprint density at radius 3 is 0.566 bits per heavy atom. The third-order valence-corrected chi connectivity index (χ3v) is 14.3. The van der Waals surface area contributed by atoms with Crippen molar-refractivity contribution in [2.75, 3.05) is 0 Å². The van der Waals surface area contributed by atoms with Crippen molar-refractivity contribution in [3.63, 3.8) is 0 Å². The molecule has 0 unspecified atom stereocenters. The molecule has 2 heterocycles. The van der Waals surface area contributed by atoms with Crippen molar-refractivity contribution in [2.24, 2.45) is 0 Å². The fourth-order valence-corrected chi connectivity index (χ4v) is 11.0. The van der Waals surface area contributed by atoms with Gasteiger partial charge in [0.15, 0.2) is 0 Å². The van der Waals surface area contributed by atoms with Crippen LogP contribution in [-0.2, 0) is 20.4 Å². The maximum Gasteiger partial charge on any atom is 0.102 e. The molecule has 0 fully saturated rings. The topological polar surface area (TPSA) is 25.8 Å². The Hall–Kier alpha value is -3.82. The maximum absolute atomic E-state index is 3.83. The molecule has 7 heteroatoms. The Labute approximate surface area is 347 Å². The summed E-state index contributed by atoms with van der Waals surface area (Å²) in [5, 5.41) is 8.61. The quantitative estimate of drug-likeness (QED) is 0.149. The minimum absolute atomic E-state index is 0. The zero-order valence-electron chi connectivity index (χ0n) is 29.0. The number of rotatable bonds is 6. The molecule has 0 aliphatic rings. The Kier molecular flexibility index (Phi) is 19.4. The Morgan fingerprint density at radius 1 is 0.264 bits per heavy atom. The molecule has 8 aromatic rings. The molecule has 2 aromatic heterocycles. The molecule has 0 amide bonds. The van der Waals surface area contributed by atoms with E-state index in [4.69, 9.17) is 0 Å². The minimum atomic E-state index is -0.877. The predicted molar refractivity (Wildman–Crippen MR) is 232 cm³/mol. The van der Waals surface area contributed by atoms with Gasteiger partial charge in [0.2, 0.25) is 0 Å². The second kappa shape index (κ2) is 24.5. The van der Waals surface area contributed by atoms with Gasteiger partial charge >= 0.3 is 120 Å². The summed E-state index contributed by atoms with van der Waals surface area (Å²) in [6.07, 6.45) is 7.02. The van der Waals surface area contributed by atoms with Crippen molar-refractivity contribution in [1.82, 2.24) is 9.97 Å². The van der Waals surface area contributed by atoms with Gasteiger partial charge in [-0.3, -0.25) is 0 Å². The van der Waals surface area contributed by atoms with Crippen LogP contribution in [0.1, 0.15) is 0 Å². The zero-order chi connectivity index (χ0) is 36.1. The molecule has 264 valence electrons. The zero-order valence-corrected chi connectivity index (χ0v) is 35.9. The van der Waals surface area contributed by atoms with Gasteiger partial charge < -0.3 is 0 Å². The van der Waals surface area contributed by atoms with E-state index in [2.05, 4.69) is 224 Å². The van der Waals surface area contributed by atoms with Crippen LogP contribution in [0.15, 0.2) is 231 Å². The number of hydrogen-bond acceptors (Lipinski definition) is 2. The van der Waals surface area contributed by atoms with Crippen LogP contribution in [-0.4, -0.2) is 42.0 Å². The number of pyridine rings is 2. The first-order valence-corrected chi connectivity index (χ1v) is 21.6. The molecule has 0 radical (unpaired) electrons. The average Bonchev–Trinajstić information content (AvgIpc) is 3.22. The maximum atomic E-state index is 3.83. The van der Waals surface area contributed by atoms with E-state index in [1.165, 1.54) is 31.8 Å². The van der Waals surface area contributed by atoms with Gasteiger partial charge in [-0.25, -0.2) is 0 Å². The Bertz CT molecular complexity index is 1740. The van der Waals surface area contributed by atoms with E-state index in [1.807, 2.05) is 24.3 Å². The summed E-state index contributed by atoms with van der Waals surface area (Å²) in [6, 6.07) is 72.7. The molecule has 8 rings (SSSR count). The van der Waals surface area contributed by atoms with E-state index >= 15 is 0 Å². The fraction of sp³-hybridized carbons (Fsp3) is 0. The largest absolute Gasteiger partial charge is 0.102 e. The molecule has 0 bridgehead atoms. The first-order chi connectivity index (χ1) is 25.7. The molecule has 53 heavy (non-hydrogen) atoms. The van der Waals surface area contributed by atoms with E-state index in [-0.39, 0.29) is 20.4 Å². The van der Waals surface area contributed by atoms with Crippen molar-refractivity contribution >= 4 is 88.6 Å². The molecule has 0 atom stereocenters. The number of aromatic nitrogens is 2. The smallest absolute Gasteiger partial charge is 0.0620 e. The van der Waals surface area contributed by atoms with E-state index < -0.39 is 15.8 Å². The molecular formula is C46H40N2P2PdSe2+2. The number of nitrogens with zero attached hydrogens (tertiary/aromatic N) is 2.